The number of carbonyl (C=O) groups is 1. The van der Waals surface area contributed by atoms with Gasteiger partial charge in [0.25, 0.3) is 0 Å². The zero-order valence-electron chi connectivity index (χ0n) is 13.0. The molecule has 2 aromatic rings. The first-order chi connectivity index (χ1) is 10.9. The third kappa shape index (κ3) is 4.91. The molecular weight excluding hydrogens is 312 g/mol. The fraction of sp³-hybridized carbons (Fsp3) is 0.235. The summed E-state index contributed by atoms with van der Waals surface area (Å²) in [6.07, 6.45) is 2.35. The zero-order valence-corrected chi connectivity index (χ0v) is 13.8. The van der Waals surface area contributed by atoms with Gasteiger partial charge in [0.05, 0.1) is 4.90 Å². The summed E-state index contributed by atoms with van der Waals surface area (Å²) in [7, 11) is -3.72. The number of unbranched alkanes of at least 4 members (excludes halogenated alkanes) is 1. The minimum atomic E-state index is -3.72. The summed E-state index contributed by atoms with van der Waals surface area (Å²) in [6, 6.07) is 13.7. The molecular formula is C17H20N2O3S. The normalized spacial score (nSPS) is 11.2. The minimum absolute atomic E-state index is 0.00387. The lowest BCUT2D eigenvalue weighted by atomic mass is 10.1. The Labute approximate surface area is 136 Å². The monoisotopic (exact) mass is 332 g/mol. The summed E-state index contributed by atoms with van der Waals surface area (Å²) < 4.78 is 22.8. The van der Waals surface area contributed by atoms with Crippen molar-refractivity contribution in [2.75, 3.05) is 5.32 Å². The van der Waals surface area contributed by atoms with Crippen molar-refractivity contribution in [2.45, 2.75) is 31.1 Å². The fourth-order valence-electron chi connectivity index (χ4n) is 2.16. The first-order valence-corrected chi connectivity index (χ1v) is 8.98. The molecule has 0 saturated carbocycles. The highest BCUT2D eigenvalue weighted by atomic mass is 32.2. The van der Waals surface area contributed by atoms with Gasteiger partial charge in [0.15, 0.2) is 0 Å². The summed E-state index contributed by atoms with van der Waals surface area (Å²) in [6.45, 7) is 2.04. The van der Waals surface area contributed by atoms with E-state index in [0.29, 0.717) is 6.42 Å². The van der Waals surface area contributed by atoms with Crippen molar-refractivity contribution in [2.24, 2.45) is 5.14 Å². The predicted octanol–water partition coefficient (Wildman–Crippen LogP) is 3.13. The van der Waals surface area contributed by atoms with Gasteiger partial charge in [-0.15, -0.1) is 0 Å². The molecule has 2 aromatic carbocycles. The Hall–Kier alpha value is -2.18. The first-order valence-electron chi connectivity index (χ1n) is 7.43. The van der Waals surface area contributed by atoms with E-state index in [1.807, 2.05) is 25.1 Å². The maximum atomic E-state index is 11.7. The van der Waals surface area contributed by atoms with Gasteiger partial charge in [0.1, 0.15) is 0 Å². The van der Waals surface area contributed by atoms with Gasteiger partial charge in [-0.25, -0.2) is 13.6 Å². The van der Waals surface area contributed by atoms with Gasteiger partial charge in [-0.05, 0) is 41.8 Å². The van der Waals surface area contributed by atoms with Crippen LogP contribution < -0.4 is 10.5 Å². The van der Waals surface area contributed by atoms with E-state index in [-0.39, 0.29) is 10.8 Å². The molecule has 5 nitrogen and oxygen atoms in total. The van der Waals surface area contributed by atoms with Crippen molar-refractivity contribution in [3.63, 3.8) is 0 Å². The van der Waals surface area contributed by atoms with Gasteiger partial charge >= 0.3 is 0 Å². The van der Waals surface area contributed by atoms with Gasteiger partial charge in [-0.1, -0.05) is 37.6 Å². The molecule has 0 aromatic heterocycles. The second kappa shape index (κ2) is 7.39. The average molecular weight is 332 g/mol. The summed E-state index contributed by atoms with van der Waals surface area (Å²) in [5, 5.41) is 7.98. The van der Waals surface area contributed by atoms with Crippen molar-refractivity contribution in [3.05, 3.63) is 48.5 Å². The average Bonchev–Trinajstić information content (AvgIpc) is 2.53. The van der Waals surface area contributed by atoms with Crippen LogP contribution in [0.3, 0.4) is 0 Å². The van der Waals surface area contributed by atoms with Crippen LogP contribution in [0.5, 0.6) is 0 Å². The Morgan fingerprint density at radius 1 is 1.09 bits per heavy atom. The predicted molar refractivity (Wildman–Crippen MR) is 91.4 cm³/mol. The summed E-state index contributed by atoms with van der Waals surface area (Å²) in [4.78, 5) is 11.8. The molecule has 0 radical (unpaired) electrons. The molecule has 122 valence electrons. The van der Waals surface area contributed by atoms with Crippen LogP contribution in [-0.2, 0) is 14.8 Å². The molecule has 0 fully saturated rings. The molecule has 6 heteroatoms. The van der Waals surface area contributed by atoms with E-state index in [1.165, 1.54) is 12.1 Å². The standard InChI is InChI=1S/C17H20N2O3S/c1-2-3-7-17(20)19-15-10-8-13(9-11-15)14-5-4-6-16(12-14)23(18,21)22/h4-6,8-12H,2-3,7H2,1H3,(H,19,20)(H2,18,21,22). The zero-order chi connectivity index (χ0) is 16.9. The summed E-state index contributed by atoms with van der Waals surface area (Å²) in [5.41, 5.74) is 2.32. The van der Waals surface area contributed by atoms with Gasteiger partial charge in [-0.2, -0.15) is 0 Å². The molecule has 2 rings (SSSR count). The number of benzene rings is 2. The van der Waals surface area contributed by atoms with Crippen molar-refractivity contribution in [1.82, 2.24) is 0 Å². The van der Waals surface area contributed by atoms with Crippen LogP contribution in [0.1, 0.15) is 26.2 Å². The topological polar surface area (TPSA) is 89.3 Å². The number of rotatable bonds is 6. The van der Waals surface area contributed by atoms with Crippen molar-refractivity contribution < 1.29 is 13.2 Å². The summed E-state index contributed by atoms with van der Waals surface area (Å²) in [5.74, 6) is -0.00387. The van der Waals surface area contributed by atoms with E-state index in [9.17, 15) is 13.2 Å². The molecule has 0 heterocycles. The Kier molecular flexibility index (Phi) is 5.52. The Bertz CT molecular complexity index is 784. The number of carbonyl (C=O) groups excluding carboxylic acids is 1. The molecule has 0 bridgehead atoms. The second-order valence-corrected chi connectivity index (χ2v) is 6.86. The number of sulfonamides is 1. The van der Waals surface area contributed by atoms with Gasteiger partial charge in [0, 0.05) is 12.1 Å². The molecule has 3 N–H and O–H groups in total. The number of anilines is 1. The van der Waals surface area contributed by atoms with Gasteiger partial charge in [-0.3, -0.25) is 4.79 Å². The van der Waals surface area contributed by atoms with E-state index in [0.717, 1.165) is 29.7 Å². The molecule has 0 spiro atoms. The van der Waals surface area contributed by atoms with Gasteiger partial charge < -0.3 is 5.32 Å². The van der Waals surface area contributed by atoms with Crippen LogP contribution in [0.15, 0.2) is 53.4 Å². The highest BCUT2D eigenvalue weighted by Crippen LogP contribution is 2.23. The SMILES string of the molecule is CCCCC(=O)Nc1ccc(-c2cccc(S(N)(=O)=O)c2)cc1. The summed E-state index contributed by atoms with van der Waals surface area (Å²) >= 11 is 0. The maximum Gasteiger partial charge on any atom is 0.238 e. The van der Waals surface area contributed by atoms with Crippen LogP contribution in [-0.4, -0.2) is 14.3 Å². The quantitative estimate of drug-likeness (QED) is 0.851. The van der Waals surface area contributed by atoms with Crippen molar-refractivity contribution >= 4 is 21.6 Å². The first kappa shape index (κ1) is 17.2. The highest BCUT2D eigenvalue weighted by molar-refractivity contribution is 7.89. The van der Waals surface area contributed by atoms with Crippen LogP contribution >= 0.6 is 0 Å². The molecule has 0 aliphatic carbocycles. The largest absolute Gasteiger partial charge is 0.326 e. The number of hydrogen-bond acceptors (Lipinski definition) is 3. The molecule has 0 saturated heterocycles. The Morgan fingerprint density at radius 2 is 1.78 bits per heavy atom. The van der Waals surface area contributed by atoms with Crippen LogP contribution in [0, 0.1) is 0 Å². The van der Waals surface area contributed by atoms with E-state index in [1.54, 1.807) is 18.2 Å². The van der Waals surface area contributed by atoms with E-state index in [2.05, 4.69) is 5.32 Å². The molecule has 0 aliphatic heterocycles. The minimum Gasteiger partial charge on any atom is -0.326 e. The maximum absolute atomic E-state index is 11.7. The molecule has 0 aliphatic rings. The third-order valence-corrected chi connectivity index (χ3v) is 4.33. The van der Waals surface area contributed by atoms with E-state index >= 15 is 0 Å². The molecule has 0 unspecified atom stereocenters. The number of amides is 1. The van der Waals surface area contributed by atoms with Crippen molar-refractivity contribution in [3.8, 4) is 11.1 Å². The number of nitrogens with two attached hydrogens (primary N) is 1. The van der Waals surface area contributed by atoms with E-state index < -0.39 is 10.0 Å². The lowest BCUT2D eigenvalue weighted by molar-refractivity contribution is -0.116. The molecule has 23 heavy (non-hydrogen) atoms. The number of nitrogens with one attached hydrogen (secondary N) is 1. The number of hydrogen-bond donors (Lipinski definition) is 2. The van der Waals surface area contributed by atoms with Crippen LogP contribution in [0.2, 0.25) is 0 Å². The fourth-order valence-corrected chi connectivity index (χ4v) is 2.72. The Balaban J connectivity index is 2.15. The molecule has 1 amide bonds. The lowest BCUT2D eigenvalue weighted by Crippen LogP contribution is -2.12. The Morgan fingerprint density at radius 3 is 2.39 bits per heavy atom. The third-order valence-electron chi connectivity index (χ3n) is 3.42. The second-order valence-electron chi connectivity index (χ2n) is 5.30. The molecule has 0 atom stereocenters. The van der Waals surface area contributed by atoms with Crippen LogP contribution in [0.25, 0.3) is 11.1 Å². The van der Waals surface area contributed by atoms with Crippen LogP contribution in [0.4, 0.5) is 5.69 Å². The van der Waals surface area contributed by atoms with Crippen molar-refractivity contribution in [1.29, 1.82) is 0 Å². The smallest absolute Gasteiger partial charge is 0.238 e. The lowest BCUT2D eigenvalue weighted by Gasteiger charge is -2.07. The van der Waals surface area contributed by atoms with E-state index in [4.69, 9.17) is 5.14 Å². The van der Waals surface area contributed by atoms with Gasteiger partial charge in [0.2, 0.25) is 15.9 Å². The highest BCUT2D eigenvalue weighted by Gasteiger charge is 2.09. The number of primary sulfonamides is 1.